The van der Waals surface area contributed by atoms with Crippen molar-refractivity contribution in [2.45, 2.75) is 38.0 Å². The van der Waals surface area contributed by atoms with E-state index in [1.807, 2.05) is 6.07 Å². The van der Waals surface area contributed by atoms with Crippen molar-refractivity contribution in [1.82, 2.24) is 0 Å². The highest BCUT2D eigenvalue weighted by molar-refractivity contribution is 7.00. The maximum atomic E-state index is 5.99. The zero-order valence-corrected chi connectivity index (χ0v) is 24.8. The van der Waals surface area contributed by atoms with Gasteiger partial charge in [0.15, 0.2) is 0 Å². The molecular formula is C38H35BN2O2. The molecule has 0 saturated heterocycles. The fraction of sp³-hybridized carbons (Fsp3) is 0.211. The van der Waals surface area contributed by atoms with Crippen molar-refractivity contribution in [3.63, 3.8) is 0 Å². The van der Waals surface area contributed by atoms with E-state index in [4.69, 9.17) is 9.47 Å². The predicted molar refractivity (Wildman–Crippen MR) is 179 cm³/mol. The van der Waals surface area contributed by atoms with Crippen LogP contribution >= 0.6 is 0 Å². The minimum Gasteiger partial charge on any atom is -0.497 e. The van der Waals surface area contributed by atoms with Crippen molar-refractivity contribution >= 4 is 57.2 Å². The highest BCUT2D eigenvalue weighted by Gasteiger charge is 2.44. The number of rotatable bonds is 5. The van der Waals surface area contributed by atoms with Gasteiger partial charge in [-0.1, -0.05) is 73.9 Å². The predicted octanol–water partition coefficient (Wildman–Crippen LogP) is 7.83. The van der Waals surface area contributed by atoms with Gasteiger partial charge in [-0.15, -0.1) is 0 Å². The standard InChI is InChI=1S/C38H35BN2O2/c1-42-29-21-22-31-34(25-29)41(33-19-11-12-20-37(33)43-2)36-24-27(26-13-5-3-6-14-26)23-35-38(36)39(31)30-17-9-10-18-32(30)40(35)28-15-7-4-8-16-28/h4,7-12,15-26H,3,5-6,13-14H2,1-2H3. The van der Waals surface area contributed by atoms with Crippen LogP contribution in [0.4, 0.5) is 34.1 Å². The summed E-state index contributed by atoms with van der Waals surface area (Å²) in [5, 5.41) is 0. The summed E-state index contributed by atoms with van der Waals surface area (Å²) in [6.07, 6.45) is 6.40. The van der Waals surface area contributed by atoms with Crippen molar-refractivity contribution in [3.05, 3.63) is 115 Å². The first-order valence-electron chi connectivity index (χ1n) is 15.5. The van der Waals surface area contributed by atoms with Gasteiger partial charge in [-0.25, -0.2) is 0 Å². The average molecular weight is 563 g/mol. The topological polar surface area (TPSA) is 24.9 Å². The lowest BCUT2D eigenvalue weighted by Gasteiger charge is -2.45. The first kappa shape index (κ1) is 26.0. The van der Waals surface area contributed by atoms with E-state index in [1.165, 1.54) is 76.8 Å². The average Bonchev–Trinajstić information content (AvgIpc) is 3.08. The molecular weight excluding hydrogens is 527 g/mol. The molecule has 5 heteroatoms. The number of anilines is 6. The van der Waals surface area contributed by atoms with Crippen LogP contribution in [0.5, 0.6) is 11.5 Å². The molecule has 212 valence electrons. The minimum atomic E-state index is 0.0911. The molecule has 0 atom stereocenters. The molecule has 0 unspecified atom stereocenters. The molecule has 43 heavy (non-hydrogen) atoms. The molecule has 5 aromatic rings. The highest BCUT2D eigenvalue weighted by atomic mass is 16.5. The molecule has 0 amide bonds. The highest BCUT2D eigenvalue weighted by Crippen LogP contribution is 2.48. The van der Waals surface area contributed by atoms with Gasteiger partial charge in [0.05, 0.1) is 19.9 Å². The molecule has 1 fully saturated rings. The van der Waals surface area contributed by atoms with E-state index in [1.54, 1.807) is 14.2 Å². The van der Waals surface area contributed by atoms with E-state index in [2.05, 4.69) is 113 Å². The molecule has 2 heterocycles. The molecule has 1 aliphatic carbocycles. The number of hydrogen-bond acceptors (Lipinski definition) is 4. The summed E-state index contributed by atoms with van der Waals surface area (Å²) in [5.74, 6) is 2.25. The van der Waals surface area contributed by atoms with Crippen LogP contribution < -0.4 is 35.7 Å². The lowest BCUT2D eigenvalue weighted by atomic mass is 9.33. The maximum Gasteiger partial charge on any atom is 0.252 e. The van der Waals surface area contributed by atoms with Gasteiger partial charge in [0.1, 0.15) is 11.5 Å². The summed E-state index contributed by atoms with van der Waals surface area (Å²) < 4.78 is 11.8. The van der Waals surface area contributed by atoms with E-state index in [-0.39, 0.29) is 6.71 Å². The Hall–Kier alpha value is -4.64. The fourth-order valence-electron chi connectivity index (χ4n) is 7.67. The maximum absolute atomic E-state index is 5.99. The zero-order chi connectivity index (χ0) is 28.9. The van der Waals surface area contributed by atoms with Crippen LogP contribution in [0.15, 0.2) is 109 Å². The molecule has 0 spiro atoms. The Kier molecular flexibility index (Phi) is 6.40. The van der Waals surface area contributed by atoms with Crippen LogP contribution in [0.1, 0.15) is 43.6 Å². The molecule has 8 rings (SSSR count). The van der Waals surface area contributed by atoms with Crippen molar-refractivity contribution in [2.24, 2.45) is 0 Å². The SMILES string of the molecule is COc1ccc2c(c1)N(c1ccccc1OC)c1cc(C3CCCCC3)cc3c1B2c1ccccc1N3c1ccccc1. The van der Waals surface area contributed by atoms with Gasteiger partial charge < -0.3 is 19.3 Å². The van der Waals surface area contributed by atoms with E-state index in [9.17, 15) is 0 Å². The Labute approximate surface area is 254 Å². The monoisotopic (exact) mass is 562 g/mol. The van der Waals surface area contributed by atoms with Gasteiger partial charge in [0.25, 0.3) is 6.71 Å². The summed E-state index contributed by atoms with van der Waals surface area (Å²) >= 11 is 0. The number of ether oxygens (including phenoxy) is 2. The molecule has 4 nitrogen and oxygen atoms in total. The van der Waals surface area contributed by atoms with Crippen molar-refractivity contribution in [3.8, 4) is 11.5 Å². The van der Waals surface area contributed by atoms with E-state index in [0.717, 1.165) is 22.9 Å². The number of benzene rings is 5. The van der Waals surface area contributed by atoms with Gasteiger partial charge in [-0.3, -0.25) is 0 Å². The van der Waals surface area contributed by atoms with Crippen LogP contribution in [0.25, 0.3) is 0 Å². The van der Waals surface area contributed by atoms with Crippen molar-refractivity contribution in [1.29, 1.82) is 0 Å². The van der Waals surface area contributed by atoms with Crippen molar-refractivity contribution < 1.29 is 9.47 Å². The third-order valence-corrected chi connectivity index (χ3v) is 9.62. The molecule has 2 aliphatic heterocycles. The smallest absolute Gasteiger partial charge is 0.252 e. The van der Waals surface area contributed by atoms with Gasteiger partial charge in [0, 0.05) is 34.5 Å². The number of methoxy groups -OCH3 is 2. The summed E-state index contributed by atoms with van der Waals surface area (Å²) in [7, 11) is 3.51. The quantitative estimate of drug-likeness (QED) is 0.200. The Morgan fingerprint density at radius 2 is 1.26 bits per heavy atom. The molecule has 0 aromatic heterocycles. The normalized spacial score (nSPS) is 15.4. The summed E-state index contributed by atoms with van der Waals surface area (Å²) in [6, 6.07) is 39.8. The van der Waals surface area contributed by atoms with E-state index >= 15 is 0 Å². The summed E-state index contributed by atoms with van der Waals surface area (Å²) in [4.78, 5) is 4.92. The first-order valence-corrected chi connectivity index (χ1v) is 15.5. The molecule has 5 aromatic carbocycles. The Bertz CT molecular complexity index is 1820. The Balaban J connectivity index is 1.49. The third kappa shape index (κ3) is 4.13. The summed E-state index contributed by atoms with van der Waals surface area (Å²) in [6.45, 7) is 0.0911. The molecule has 0 radical (unpaired) electrons. The number of fused-ring (bicyclic) bond motifs is 4. The van der Waals surface area contributed by atoms with Crippen molar-refractivity contribution in [2.75, 3.05) is 24.0 Å². The largest absolute Gasteiger partial charge is 0.497 e. The lowest BCUT2D eigenvalue weighted by molar-refractivity contribution is 0.414. The van der Waals surface area contributed by atoms with Gasteiger partial charge in [0.2, 0.25) is 0 Å². The molecule has 3 aliphatic rings. The van der Waals surface area contributed by atoms with Crippen LogP contribution in [0.2, 0.25) is 0 Å². The van der Waals surface area contributed by atoms with Gasteiger partial charge in [-0.05, 0) is 89.2 Å². The number of nitrogens with zero attached hydrogens (tertiary/aromatic N) is 2. The van der Waals surface area contributed by atoms with Crippen LogP contribution in [0, 0.1) is 0 Å². The lowest BCUT2D eigenvalue weighted by Crippen LogP contribution is -2.61. The van der Waals surface area contributed by atoms with E-state index < -0.39 is 0 Å². The second-order valence-corrected chi connectivity index (χ2v) is 11.9. The minimum absolute atomic E-state index is 0.0911. The van der Waals surface area contributed by atoms with Crippen LogP contribution in [0.3, 0.4) is 0 Å². The zero-order valence-electron chi connectivity index (χ0n) is 24.8. The first-order chi connectivity index (χ1) is 21.3. The third-order valence-electron chi connectivity index (χ3n) is 9.62. The van der Waals surface area contributed by atoms with Crippen LogP contribution in [-0.2, 0) is 0 Å². The Morgan fingerprint density at radius 3 is 2.02 bits per heavy atom. The fourth-order valence-corrected chi connectivity index (χ4v) is 7.67. The van der Waals surface area contributed by atoms with Gasteiger partial charge in [-0.2, -0.15) is 0 Å². The molecule has 1 saturated carbocycles. The summed E-state index contributed by atoms with van der Waals surface area (Å²) in [5.41, 5.74) is 12.4. The van der Waals surface area contributed by atoms with Gasteiger partial charge >= 0.3 is 0 Å². The second kappa shape index (κ2) is 10.6. The molecule has 0 bridgehead atoms. The number of hydrogen-bond donors (Lipinski definition) is 0. The second-order valence-electron chi connectivity index (χ2n) is 11.9. The molecule has 0 N–H and O–H groups in total. The Morgan fingerprint density at radius 1 is 0.581 bits per heavy atom. The van der Waals surface area contributed by atoms with E-state index in [0.29, 0.717) is 5.92 Å². The van der Waals surface area contributed by atoms with Crippen LogP contribution in [-0.4, -0.2) is 20.9 Å². The number of para-hydroxylation sites is 4.